The molecule has 0 radical (unpaired) electrons. The molecule has 2 saturated heterocycles. The Hall–Kier alpha value is -3.15. The van der Waals surface area contributed by atoms with Crippen molar-refractivity contribution < 1.29 is 14.4 Å². The zero-order chi connectivity index (χ0) is 19.5. The summed E-state index contributed by atoms with van der Waals surface area (Å²) < 4.78 is 0. The Morgan fingerprint density at radius 3 is 2.14 bits per heavy atom. The van der Waals surface area contributed by atoms with Crippen LogP contribution in [-0.2, 0) is 9.59 Å². The van der Waals surface area contributed by atoms with Gasteiger partial charge in [0, 0.05) is 25.4 Å². The van der Waals surface area contributed by atoms with Crippen LogP contribution in [0, 0.1) is 0 Å². The van der Waals surface area contributed by atoms with Gasteiger partial charge < -0.3 is 10.2 Å². The van der Waals surface area contributed by atoms with Gasteiger partial charge in [0.15, 0.2) is 0 Å². The van der Waals surface area contributed by atoms with E-state index < -0.39 is 0 Å². The number of nitrogens with zero attached hydrogens (tertiary/aromatic N) is 2. The monoisotopic (exact) mass is 377 g/mol. The van der Waals surface area contributed by atoms with Crippen molar-refractivity contribution in [1.82, 2.24) is 15.1 Å². The number of imide groups is 1. The van der Waals surface area contributed by atoms with Crippen molar-refractivity contribution in [3.8, 4) is 0 Å². The Morgan fingerprint density at radius 1 is 1.00 bits per heavy atom. The number of carbonyl (C=O) groups is 3. The highest BCUT2D eigenvalue weighted by Gasteiger charge is 2.39. The first-order chi connectivity index (χ1) is 13.6. The molecule has 0 aliphatic carbocycles. The third-order valence-corrected chi connectivity index (χ3v) is 5.54. The molecule has 2 aliphatic heterocycles. The van der Waals surface area contributed by atoms with Crippen molar-refractivity contribution in [3.05, 3.63) is 71.8 Å². The van der Waals surface area contributed by atoms with E-state index in [0.29, 0.717) is 25.9 Å². The fourth-order valence-corrected chi connectivity index (χ4v) is 4.09. The highest BCUT2D eigenvalue weighted by Crippen LogP contribution is 2.29. The predicted molar refractivity (Wildman–Crippen MR) is 105 cm³/mol. The third-order valence-electron chi connectivity index (χ3n) is 5.54. The van der Waals surface area contributed by atoms with Crippen LogP contribution in [0.1, 0.15) is 29.9 Å². The summed E-state index contributed by atoms with van der Waals surface area (Å²) in [5.41, 5.74) is 2.21. The summed E-state index contributed by atoms with van der Waals surface area (Å²) in [4.78, 5) is 39.9. The minimum Gasteiger partial charge on any atom is -0.341 e. The summed E-state index contributed by atoms with van der Waals surface area (Å²) in [5, 5.41) is 2.55. The van der Waals surface area contributed by atoms with E-state index in [1.54, 1.807) is 4.90 Å². The van der Waals surface area contributed by atoms with Crippen LogP contribution in [0.4, 0.5) is 4.79 Å². The van der Waals surface area contributed by atoms with Crippen molar-refractivity contribution in [3.63, 3.8) is 0 Å². The average molecular weight is 377 g/mol. The fraction of sp³-hybridized carbons (Fsp3) is 0.318. The second-order valence-electron chi connectivity index (χ2n) is 7.28. The molecule has 0 spiro atoms. The number of hydrogen-bond acceptors (Lipinski definition) is 3. The highest BCUT2D eigenvalue weighted by atomic mass is 16.2. The van der Waals surface area contributed by atoms with Gasteiger partial charge in [0.25, 0.3) is 0 Å². The topological polar surface area (TPSA) is 69.7 Å². The van der Waals surface area contributed by atoms with E-state index in [-0.39, 0.29) is 36.3 Å². The van der Waals surface area contributed by atoms with E-state index in [9.17, 15) is 14.4 Å². The Labute approximate surface area is 164 Å². The van der Waals surface area contributed by atoms with Gasteiger partial charge >= 0.3 is 6.03 Å². The maximum absolute atomic E-state index is 13.0. The molecule has 2 aromatic carbocycles. The molecular formula is C22H23N3O3. The average Bonchev–Trinajstić information content (AvgIpc) is 3.33. The van der Waals surface area contributed by atoms with E-state index in [2.05, 4.69) is 5.32 Å². The molecule has 2 fully saturated rings. The number of likely N-dealkylation sites (tertiary alicyclic amines) is 1. The van der Waals surface area contributed by atoms with Crippen molar-refractivity contribution in [2.45, 2.75) is 24.8 Å². The van der Waals surface area contributed by atoms with Crippen LogP contribution in [0.5, 0.6) is 0 Å². The molecule has 6 nitrogen and oxygen atoms in total. The van der Waals surface area contributed by atoms with Crippen molar-refractivity contribution in [2.75, 3.05) is 19.6 Å². The first-order valence-corrected chi connectivity index (χ1v) is 9.61. The lowest BCUT2D eigenvalue weighted by molar-refractivity contribution is -0.131. The lowest BCUT2D eigenvalue weighted by Crippen LogP contribution is -2.43. The van der Waals surface area contributed by atoms with Crippen molar-refractivity contribution in [2.24, 2.45) is 0 Å². The molecule has 28 heavy (non-hydrogen) atoms. The first kappa shape index (κ1) is 18.2. The maximum atomic E-state index is 13.0. The molecule has 0 saturated carbocycles. The van der Waals surface area contributed by atoms with Crippen LogP contribution in [0.2, 0.25) is 0 Å². The fourth-order valence-electron chi connectivity index (χ4n) is 4.09. The molecular weight excluding hydrogens is 354 g/mol. The molecule has 2 aliphatic rings. The van der Waals surface area contributed by atoms with Crippen LogP contribution in [0.25, 0.3) is 0 Å². The highest BCUT2D eigenvalue weighted by molar-refractivity contribution is 6.02. The molecule has 144 valence electrons. The predicted octanol–water partition coefficient (Wildman–Crippen LogP) is 2.36. The van der Waals surface area contributed by atoms with Gasteiger partial charge in [0.2, 0.25) is 11.8 Å². The van der Waals surface area contributed by atoms with Gasteiger partial charge in [0.05, 0.1) is 12.6 Å². The summed E-state index contributed by atoms with van der Waals surface area (Å²) in [6.45, 7) is 1.03. The number of hydrogen-bond donors (Lipinski definition) is 1. The van der Waals surface area contributed by atoms with Gasteiger partial charge in [-0.2, -0.15) is 0 Å². The number of urea groups is 1. The number of nitrogens with one attached hydrogen (secondary N) is 1. The largest absolute Gasteiger partial charge is 0.341 e. The Kier molecular flexibility index (Phi) is 5.10. The number of carbonyl (C=O) groups excluding carboxylic acids is 3. The molecule has 2 heterocycles. The molecule has 4 amide bonds. The lowest BCUT2D eigenvalue weighted by atomic mass is 9.88. The van der Waals surface area contributed by atoms with E-state index >= 15 is 0 Å². The SMILES string of the molecule is O=C(CC(c1ccccc1)c1ccccc1)N1CCC(N2C(=O)CNC2=O)C1. The molecule has 2 aromatic rings. The van der Waals surface area contributed by atoms with E-state index in [1.165, 1.54) is 4.90 Å². The van der Waals surface area contributed by atoms with Gasteiger partial charge in [-0.25, -0.2) is 4.79 Å². The van der Waals surface area contributed by atoms with Crippen molar-refractivity contribution >= 4 is 17.8 Å². The number of rotatable bonds is 5. The van der Waals surface area contributed by atoms with Crippen LogP contribution in [0.15, 0.2) is 60.7 Å². The Bertz CT molecular complexity index is 814. The minimum absolute atomic E-state index is 0.0225. The Morgan fingerprint density at radius 2 is 1.61 bits per heavy atom. The third kappa shape index (κ3) is 3.63. The van der Waals surface area contributed by atoms with Crippen LogP contribution in [-0.4, -0.2) is 53.3 Å². The van der Waals surface area contributed by atoms with Gasteiger partial charge in [-0.05, 0) is 17.5 Å². The molecule has 1 N–H and O–H groups in total. The Balaban J connectivity index is 1.48. The summed E-state index contributed by atoms with van der Waals surface area (Å²) >= 11 is 0. The van der Waals surface area contributed by atoms with Crippen molar-refractivity contribution in [1.29, 1.82) is 0 Å². The standard InChI is InChI=1S/C22H23N3O3/c26-20(24-12-11-18(15-24)25-21(27)14-23-22(25)28)13-19(16-7-3-1-4-8-16)17-9-5-2-6-10-17/h1-10,18-19H,11-15H2,(H,23,28). The van der Waals surface area contributed by atoms with Gasteiger partial charge in [0.1, 0.15) is 0 Å². The smallest absolute Gasteiger partial charge is 0.324 e. The normalized spacial score (nSPS) is 19.4. The van der Waals surface area contributed by atoms with E-state index in [4.69, 9.17) is 0 Å². The zero-order valence-electron chi connectivity index (χ0n) is 15.6. The molecule has 0 aromatic heterocycles. The minimum atomic E-state index is -0.351. The molecule has 1 atom stereocenters. The van der Waals surface area contributed by atoms with Crippen LogP contribution >= 0.6 is 0 Å². The first-order valence-electron chi connectivity index (χ1n) is 9.61. The van der Waals surface area contributed by atoms with Crippen LogP contribution < -0.4 is 5.32 Å². The second kappa shape index (κ2) is 7.84. The van der Waals surface area contributed by atoms with Gasteiger partial charge in [-0.3, -0.25) is 14.5 Å². The summed E-state index contributed by atoms with van der Waals surface area (Å²) in [5.74, 6) is -0.186. The summed E-state index contributed by atoms with van der Waals surface area (Å²) in [6.07, 6.45) is 0.993. The van der Waals surface area contributed by atoms with Gasteiger partial charge in [-0.15, -0.1) is 0 Å². The number of benzene rings is 2. The number of amides is 4. The van der Waals surface area contributed by atoms with Crippen LogP contribution in [0.3, 0.4) is 0 Å². The van der Waals surface area contributed by atoms with E-state index in [0.717, 1.165) is 11.1 Å². The van der Waals surface area contributed by atoms with E-state index in [1.807, 2.05) is 60.7 Å². The molecule has 4 rings (SSSR count). The zero-order valence-corrected chi connectivity index (χ0v) is 15.6. The molecule has 6 heteroatoms. The maximum Gasteiger partial charge on any atom is 0.324 e. The summed E-state index contributed by atoms with van der Waals surface area (Å²) in [6, 6.07) is 19.5. The second-order valence-corrected chi connectivity index (χ2v) is 7.28. The molecule has 1 unspecified atom stereocenters. The summed E-state index contributed by atoms with van der Waals surface area (Å²) in [7, 11) is 0. The molecule has 0 bridgehead atoms. The van der Waals surface area contributed by atoms with Gasteiger partial charge in [-0.1, -0.05) is 60.7 Å². The lowest BCUT2D eigenvalue weighted by Gasteiger charge is -2.24. The quantitative estimate of drug-likeness (QED) is 0.814.